The average molecular weight is 346 g/mol. The highest BCUT2D eigenvalue weighted by molar-refractivity contribution is 6.30. The molecule has 0 aromatic heterocycles. The van der Waals surface area contributed by atoms with E-state index in [2.05, 4.69) is 10.6 Å². The van der Waals surface area contributed by atoms with Crippen molar-refractivity contribution < 1.29 is 9.59 Å². The van der Waals surface area contributed by atoms with Gasteiger partial charge >= 0.3 is 0 Å². The van der Waals surface area contributed by atoms with Crippen molar-refractivity contribution in [2.75, 3.05) is 13.1 Å². The maximum absolute atomic E-state index is 12.0. The van der Waals surface area contributed by atoms with Crippen molar-refractivity contribution in [3.63, 3.8) is 0 Å². The molecule has 0 aliphatic heterocycles. The molecule has 0 atom stereocenters. The van der Waals surface area contributed by atoms with Gasteiger partial charge in [0, 0.05) is 29.2 Å². The van der Waals surface area contributed by atoms with E-state index in [0.29, 0.717) is 35.8 Å². The summed E-state index contributed by atoms with van der Waals surface area (Å²) in [7, 11) is 0. The number of hydrogen-bond donors (Lipinski definition) is 3. The van der Waals surface area contributed by atoms with Gasteiger partial charge in [-0.2, -0.15) is 0 Å². The molecule has 2 amide bonds. The quantitative estimate of drug-likeness (QED) is 0.673. The molecule has 0 unspecified atom stereocenters. The molecule has 0 bridgehead atoms. The Bertz CT molecular complexity index is 684. The number of hydrogen-bond acceptors (Lipinski definition) is 3. The summed E-state index contributed by atoms with van der Waals surface area (Å²) in [4.78, 5) is 23.9. The molecular formula is C18H20ClN3O2. The summed E-state index contributed by atoms with van der Waals surface area (Å²) in [6.07, 6.45) is 0.751. The fourth-order valence-corrected chi connectivity index (χ4v) is 2.19. The predicted molar refractivity (Wildman–Crippen MR) is 95.1 cm³/mol. The summed E-state index contributed by atoms with van der Waals surface area (Å²) in [6.45, 7) is 1.50. The van der Waals surface area contributed by atoms with Gasteiger partial charge < -0.3 is 16.4 Å². The predicted octanol–water partition coefficient (Wildman–Crippen LogP) is 2.35. The lowest BCUT2D eigenvalue weighted by molar-refractivity contribution is 0.0943. The fraction of sp³-hybridized carbons (Fsp3) is 0.222. The summed E-state index contributed by atoms with van der Waals surface area (Å²) in [5.74, 6) is -0.296. The zero-order valence-electron chi connectivity index (χ0n) is 13.2. The molecule has 6 heteroatoms. The number of benzene rings is 2. The molecule has 0 aliphatic rings. The fourth-order valence-electron chi connectivity index (χ4n) is 2.07. The van der Waals surface area contributed by atoms with Gasteiger partial charge in [-0.3, -0.25) is 9.59 Å². The average Bonchev–Trinajstić information content (AvgIpc) is 2.61. The molecule has 2 aromatic carbocycles. The second kappa shape index (κ2) is 9.05. The van der Waals surface area contributed by atoms with Crippen molar-refractivity contribution in [2.24, 2.45) is 5.73 Å². The molecule has 4 N–H and O–H groups in total. The first-order valence-electron chi connectivity index (χ1n) is 7.71. The van der Waals surface area contributed by atoms with E-state index >= 15 is 0 Å². The number of carbonyl (C=O) groups is 2. The minimum absolute atomic E-state index is 0.125. The molecule has 126 valence electrons. The Kier molecular flexibility index (Phi) is 6.78. The lowest BCUT2D eigenvalue weighted by Gasteiger charge is -2.07. The van der Waals surface area contributed by atoms with E-state index in [1.54, 1.807) is 36.4 Å². The van der Waals surface area contributed by atoms with Crippen molar-refractivity contribution in [3.05, 3.63) is 70.2 Å². The minimum Gasteiger partial charge on any atom is -0.352 e. The van der Waals surface area contributed by atoms with E-state index < -0.39 is 0 Å². The van der Waals surface area contributed by atoms with Gasteiger partial charge in [0.2, 0.25) is 0 Å². The summed E-state index contributed by atoms with van der Waals surface area (Å²) >= 11 is 5.80. The highest BCUT2D eigenvalue weighted by Crippen LogP contribution is 2.10. The standard InChI is InChI=1S/C18H20ClN3O2/c19-16-8-6-15(7-9-16)18(24)22-12-13-2-4-14(5-3-13)17(23)21-11-1-10-20/h2-9H,1,10-12,20H2,(H,21,23)(H,22,24). The van der Waals surface area contributed by atoms with E-state index in [0.717, 1.165) is 12.0 Å². The second-order valence-corrected chi connectivity index (χ2v) is 5.72. The van der Waals surface area contributed by atoms with E-state index in [1.807, 2.05) is 12.1 Å². The maximum Gasteiger partial charge on any atom is 0.251 e. The maximum atomic E-state index is 12.0. The Hall–Kier alpha value is -2.37. The Morgan fingerprint density at radius 2 is 1.42 bits per heavy atom. The number of amides is 2. The molecule has 0 saturated heterocycles. The van der Waals surface area contributed by atoms with Crippen LogP contribution in [0.1, 0.15) is 32.7 Å². The summed E-state index contributed by atoms with van der Waals surface area (Å²) in [5, 5.41) is 6.21. The van der Waals surface area contributed by atoms with Crippen LogP contribution in [-0.2, 0) is 6.54 Å². The van der Waals surface area contributed by atoms with Gasteiger partial charge in [-0.25, -0.2) is 0 Å². The Balaban J connectivity index is 1.86. The van der Waals surface area contributed by atoms with Crippen LogP contribution in [0.25, 0.3) is 0 Å². The second-order valence-electron chi connectivity index (χ2n) is 5.28. The van der Waals surface area contributed by atoms with Crippen LogP contribution in [0, 0.1) is 0 Å². The van der Waals surface area contributed by atoms with Crippen LogP contribution in [0.2, 0.25) is 5.02 Å². The van der Waals surface area contributed by atoms with E-state index in [4.69, 9.17) is 17.3 Å². The van der Waals surface area contributed by atoms with Crippen LogP contribution < -0.4 is 16.4 Å². The largest absolute Gasteiger partial charge is 0.352 e. The van der Waals surface area contributed by atoms with Crippen LogP contribution in [0.4, 0.5) is 0 Å². The molecule has 5 nitrogen and oxygen atoms in total. The highest BCUT2D eigenvalue weighted by Gasteiger charge is 2.07. The lowest BCUT2D eigenvalue weighted by Crippen LogP contribution is -2.26. The molecule has 0 radical (unpaired) electrons. The molecule has 24 heavy (non-hydrogen) atoms. The molecule has 2 aromatic rings. The molecule has 0 saturated carbocycles. The van der Waals surface area contributed by atoms with Crippen molar-refractivity contribution in [1.29, 1.82) is 0 Å². The number of rotatable bonds is 7. The van der Waals surface area contributed by atoms with Crippen molar-refractivity contribution in [1.82, 2.24) is 10.6 Å². The summed E-state index contributed by atoms with van der Waals surface area (Å²) in [6, 6.07) is 13.8. The number of carbonyl (C=O) groups excluding carboxylic acids is 2. The lowest BCUT2D eigenvalue weighted by atomic mass is 10.1. The molecule has 2 rings (SSSR count). The van der Waals surface area contributed by atoms with Gasteiger partial charge in [-0.15, -0.1) is 0 Å². The zero-order chi connectivity index (χ0) is 17.4. The van der Waals surface area contributed by atoms with E-state index in [9.17, 15) is 9.59 Å². The summed E-state index contributed by atoms with van der Waals surface area (Å²) < 4.78 is 0. The first kappa shape index (κ1) is 18.0. The normalized spacial score (nSPS) is 10.2. The van der Waals surface area contributed by atoms with Crippen LogP contribution >= 0.6 is 11.6 Å². The third-order valence-electron chi connectivity index (χ3n) is 3.44. The zero-order valence-corrected chi connectivity index (χ0v) is 14.0. The number of nitrogens with one attached hydrogen (secondary N) is 2. The molecule has 0 aliphatic carbocycles. The van der Waals surface area contributed by atoms with Crippen LogP contribution in [0.3, 0.4) is 0 Å². The molecule has 0 spiro atoms. The first-order valence-corrected chi connectivity index (χ1v) is 8.09. The molecule has 0 heterocycles. The van der Waals surface area contributed by atoms with Crippen molar-refractivity contribution in [3.8, 4) is 0 Å². The monoisotopic (exact) mass is 345 g/mol. The smallest absolute Gasteiger partial charge is 0.251 e. The van der Waals surface area contributed by atoms with Gasteiger partial charge in [0.15, 0.2) is 0 Å². The van der Waals surface area contributed by atoms with E-state index in [1.165, 1.54) is 0 Å². The summed E-state index contributed by atoms with van der Waals surface area (Å²) in [5.41, 5.74) is 7.44. The molecular weight excluding hydrogens is 326 g/mol. The van der Waals surface area contributed by atoms with Crippen molar-refractivity contribution >= 4 is 23.4 Å². The Morgan fingerprint density at radius 3 is 2.00 bits per heavy atom. The first-order chi connectivity index (χ1) is 11.6. The topological polar surface area (TPSA) is 84.2 Å². The van der Waals surface area contributed by atoms with Crippen LogP contribution in [0.15, 0.2) is 48.5 Å². The highest BCUT2D eigenvalue weighted by atomic mass is 35.5. The van der Waals surface area contributed by atoms with Gasteiger partial charge in [-0.05, 0) is 54.9 Å². The van der Waals surface area contributed by atoms with Gasteiger partial charge in [0.1, 0.15) is 0 Å². The third-order valence-corrected chi connectivity index (χ3v) is 3.69. The number of halogens is 1. The third kappa shape index (κ3) is 5.37. The van der Waals surface area contributed by atoms with E-state index in [-0.39, 0.29) is 11.8 Å². The molecule has 0 fully saturated rings. The Morgan fingerprint density at radius 1 is 0.875 bits per heavy atom. The Labute approximate surface area is 146 Å². The minimum atomic E-state index is -0.171. The van der Waals surface area contributed by atoms with Crippen LogP contribution in [-0.4, -0.2) is 24.9 Å². The van der Waals surface area contributed by atoms with Gasteiger partial charge in [-0.1, -0.05) is 23.7 Å². The number of nitrogens with two attached hydrogens (primary N) is 1. The van der Waals surface area contributed by atoms with Gasteiger partial charge in [0.25, 0.3) is 11.8 Å². The van der Waals surface area contributed by atoms with Crippen molar-refractivity contribution in [2.45, 2.75) is 13.0 Å². The SMILES string of the molecule is NCCCNC(=O)c1ccc(CNC(=O)c2ccc(Cl)cc2)cc1. The van der Waals surface area contributed by atoms with Gasteiger partial charge in [0.05, 0.1) is 0 Å². The van der Waals surface area contributed by atoms with Crippen LogP contribution in [0.5, 0.6) is 0 Å².